The van der Waals surface area contributed by atoms with Gasteiger partial charge in [0.1, 0.15) is 5.75 Å². The Morgan fingerprint density at radius 1 is 1.07 bits per heavy atom. The van der Waals surface area contributed by atoms with Gasteiger partial charge in [-0.3, -0.25) is 4.79 Å². The average Bonchev–Trinajstić information content (AvgIpc) is 3.27. The van der Waals surface area contributed by atoms with E-state index in [2.05, 4.69) is 41.9 Å². The second-order valence-electron chi connectivity index (χ2n) is 10.00. The standard InChI is InChI=1S/C28H36N8O4S/c1-34(2)13-14-35(3)25-16-26(40-5)23(15-22(25)31-27(37)17-30-41(6,38)39)33-28-29-12-11-21(32-28)20-18-36(4)24-10-8-7-9-19(20)24/h7-12,15-16,18,30H,13-14,17H2,1-6H3,(H,31,37)(H,29,32,33). The van der Waals surface area contributed by atoms with Crippen LogP contribution in [0.3, 0.4) is 0 Å². The van der Waals surface area contributed by atoms with Crippen LogP contribution in [0.25, 0.3) is 22.2 Å². The van der Waals surface area contributed by atoms with E-state index in [0.717, 1.165) is 35.0 Å². The molecule has 12 nitrogen and oxygen atoms in total. The van der Waals surface area contributed by atoms with Gasteiger partial charge in [0.05, 0.1) is 42.7 Å². The number of likely N-dealkylation sites (N-methyl/N-ethyl adjacent to an activating group) is 2. The number of aromatic nitrogens is 3. The highest BCUT2D eigenvalue weighted by Crippen LogP contribution is 2.38. The fourth-order valence-electron chi connectivity index (χ4n) is 4.35. The molecular weight excluding hydrogens is 544 g/mol. The first-order valence-electron chi connectivity index (χ1n) is 12.9. The van der Waals surface area contributed by atoms with Crippen molar-refractivity contribution in [1.29, 1.82) is 0 Å². The number of anilines is 4. The molecule has 2 aromatic heterocycles. The third kappa shape index (κ3) is 7.51. The molecule has 41 heavy (non-hydrogen) atoms. The summed E-state index contributed by atoms with van der Waals surface area (Å²) >= 11 is 0. The Kier molecular flexibility index (Phi) is 9.11. The van der Waals surface area contributed by atoms with Gasteiger partial charge in [0.15, 0.2) is 0 Å². The first-order valence-corrected chi connectivity index (χ1v) is 14.8. The molecule has 2 aromatic carbocycles. The maximum absolute atomic E-state index is 12.7. The van der Waals surface area contributed by atoms with Gasteiger partial charge < -0.3 is 29.7 Å². The van der Waals surface area contributed by atoms with Crippen molar-refractivity contribution < 1.29 is 17.9 Å². The van der Waals surface area contributed by atoms with Crippen LogP contribution < -0.4 is 25.0 Å². The molecule has 0 saturated carbocycles. The summed E-state index contributed by atoms with van der Waals surface area (Å²) in [6, 6.07) is 13.5. The molecule has 3 N–H and O–H groups in total. The van der Waals surface area contributed by atoms with Crippen molar-refractivity contribution in [2.75, 3.05) is 69.7 Å². The van der Waals surface area contributed by atoms with Crippen molar-refractivity contribution in [1.82, 2.24) is 24.2 Å². The van der Waals surface area contributed by atoms with Gasteiger partial charge in [-0.2, -0.15) is 0 Å². The highest BCUT2D eigenvalue weighted by molar-refractivity contribution is 7.88. The monoisotopic (exact) mass is 580 g/mol. The maximum Gasteiger partial charge on any atom is 0.239 e. The van der Waals surface area contributed by atoms with Gasteiger partial charge in [-0.15, -0.1) is 0 Å². The minimum absolute atomic E-state index is 0.346. The Bertz CT molecular complexity index is 1650. The lowest BCUT2D eigenvalue weighted by molar-refractivity contribution is -0.115. The predicted octanol–water partition coefficient (Wildman–Crippen LogP) is 2.87. The van der Waals surface area contributed by atoms with E-state index in [1.807, 2.05) is 63.6 Å². The Balaban J connectivity index is 1.69. The number of rotatable bonds is 12. The van der Waals surface area contributed by atoms with Crippen LogP contribution in [0.15, 0.2) is 54.9 Å². The van der Waals surface area contributed by atoms with E-state index in [0.29, 0.717) is 35.3 Å². The second-order valence-corrected chi connectivity index (χ2v) is 11.8. The number of fused-ring (bicyclic) bond motifs is 1. The van der Waals surface area contributed by atoms with Crippen LogP contribution >= 0.6 is 0 Å². The number of carbonyl (C=O) groups is 1. The van der Waals surface area contributed by atoms with E-state index in [4.69, 9.17) is 9.72 Å². The van der Waals surface area contributed by atoms with Gasteiger partial charge in [0, 0.05) is 62.1 Å². The molecule has 0 unspecified atom stereocenters. The van der Waals surface area contributed by atoms with Crippen molar-refractivity contribution in [3.05, 3.63) is 54.9 Å². The molecular formula is C28H36N8O4S. The number of carbonyl (C=O) groups excluding carboxylic acids is 1. The van der Waals surface area contributed by atoms with E-state index in [1.165, 1.54) is 0 Å². The molecule has 13 heteroatoms. The van der Waals surface area contributed by atoms with Gasteiger partial charge in [-0.05, 0) is 32.3 Å². The summed E-state index contributed by atoms with van der Waals surface area (Å²) in [6.45, 7) is 1.05. The van der Waals surface area contributed by atoms with Crippen LogP contribution in [0, 0.1) is 0 Å². The van der Waals surface area contributed by atoms with Crippen molar-refractivity contribution >= 4 is 49.8 Å². The smallest absolute Gasteiger partial charge is 0.239 e. The molecule has 0 aliphatic carbocycles. The molecule has 218 valence electrons. The first kappa shape index (κ1) is 29.8. The maximum atomic E-state index is 12.7. The summed E-state index contributed by atoms with van der Waals surface area (Å²) < 4.78 is 33.0. The minimum atomic E-state index is -3.53. The van der Waals surface area contributed by atoms with Crippen molar-refractivity contribution in [2.24, 2.45) is 7.05 Å². The Morgan fingerprint density at radius 3 is 2.54 bits per heavy atom. The molecule has 1 amide bonds. The average molecular weight is 581 g/mol. The fraction of sp³-hybridized carbons (Fsp3) is 0.321. The number of methoxy groups -OCH3 is 1. The Morgan fingerprint density at radius 2 is 1.83 bits per heavy atom. The largest absolute Gasteiger partial charge is 0.494 e. The summed E-state index contributed by atoms with van der Waals surface area (Å²) in [4.78, 5) is 25.9. The van der Waals surface area contributed by atoms with Crippen LogP contribution in [0.1, 0.15) is 0 Å². The van der Waals surface area contributed by atoms with Crippen LogP contribution in [-0.2, 0) is 21.9 Å². The van der Waals surface area contributed by atoms with Crippen LogP contribution in [0.4, 0.5) is 23.0 Å². The number of aryl methyl sites for hydroxylation is 1. The molecule has 0 aliphatic rings. The molecule has 4 rings (SSSR count). The van der Waals surface area contributed by atoms with E-state index in [1.54, 1.807) is 19.4 Å². The van der Waals surface area contributed by atoms with Crippen molar-refractivity contribution in [2.45, 2.75) is 0 Å². The predicted molar refractivity (Wildman–Crippen MR) is 164 cm³/mol. The minimum Gasteiger partial charge on any atom is -0.494 e. The Hall–Kier alpha value is -4.20. The lowest BCUT2D eigenvalue weighted by Crippen LogP contribution is -2.33. The number of benzene rings is 2. The molecule has 0 radical (unpaired) electrons. The number of amides is 1. The van der Waals surface area contributed by atoms with Crippen LogP contribution in [0.2, 0.25) is 0 Å². The normalized spacial score (nSPS) is 11.6. The number of hydrogen-bond donors (Lipinski definition) is 3. The Labute approximate surface area is 240 Å². The number of para-hydroxylation sites is 1. The number of hydrogen-bond acceptors (Lipinski definition) is 9. The molecule has 0 atom stereocenters. The number of nitrogens with one attached hydrogen (secondary N) is 3. The number of ether oxygens (including phenoxy) is 1. The lowest BCUT2D eigenvalue weighted by Gasteiger charge is -2.26. The van der Waals surface area contributed by atoms with Gasteiger partial charge >= 0.3 is 0 Å². The van der Waals surface area contributed by atoms with Gasteiger partial charge in [-0.25, -0.2) is 23.1 Å². The third-order valence-electron chi connectivity index (χ3n) is 6.46. The second kappa shape index (κ2) is 12.5. The molecule has 0 aliphatic heterocycles. The molecule has 0 saturated heterocycles. The first-order chi connectivity index (χ1) is 19.4. The molecule has 2 heterocycles. The van der Waals surface area contributed by atoms with Crippen molar-refractivity contribution in [3.63, 3.8) is 0 Å². The number of nitrogens with zero attached hydrogens (tertiary/aromatic N) is 5. The zero-order valence-corrected chi connectivity index (χ0v) is 24.9. The summed E-state index contributed by atoms with van der Waals surface area (Å²) in [5, 5.41) is 7.14. The SMILES string of the molecule is COc1cc(N(C)CCN(C)C)c(NC(=O)CNS(C)(=O)=O)cc1Nc1nccc(-c2cn(C)c3ccccc23)n1. The van der Waals surface area contributed by atoms with Crippen molar-refractivity contribution in [3.8, 4) is 17.0 Å². The van der Waals surface area contributed by atoms with Gasteiger partial charge in [0.2, 0.25) is 21.9 Å². The van der Waals surface area contributed by atoms with E-state index >= 15 is 0 Å². The molecule has 4 aromatic rings. The summed E-state index contributed by atoms with van der Waals surface area (Å²) in [6.07, 6.45) is 4.72. The fourth-order valence-corrected chi connectivity index (χ4v) is 4.74. The zero-order valence-electron chi connectivity index (χ0n) is 24.1. The van der Waals surface area contributed by atoms with E-state index < -0.39 is 22.5 Å². The van der Waals surface area contributed by atoms with Crippen LogP contribution in [0.5, 0.6) is 5.75 Å². The highest BCUT2D eigenvalue weighted by atomic mass is 32.2. The summed E-state index contributed by atoms with van der Waals surface area (Å²) in [5.74, 6) is 0.351. The third-order valence-corrected chi connectivity index (χ3v) is 7.12. The molecule has 0 fully saturated rings. The molecule has 0 bridgehead atoms. The van der Waals surface area contributed by atoms with Gasteiger partial charge in [0.25, 0.3) is 0 Å². The summed E-state index contributed by atoms with van der Waals surface area (Å²) in [7, 11) is 5.89. The lowest BCUT2D eigenvalue weighted by atomic mass is 10.1. The summed E-state index contributed by atoms with van der Waals surface area (Å²) in [5.41, 5.74) is 4.52. The van der Waals surface area contributed by atoms with E-state index in [9.17, 15) is 13.2 Å². The quantitative estimate of drug-likeness (QED) is 0.231. The topological polar surface area (TPSA) is 134 Å². The van der Waals surface area contributed by atoms with Crippen LogP contribution in [-0.4, -0.2) is 87.9 Å². The van der Waals surface area contributed by atoms with E-state index in [-0.39, 0.29) is 0 Å². The molecule has 0 spiro atoms. The zero-order chi connectivity index (χ0) is 29.7. The van der Waals surface area contributed by atoms with Gasteiger partial charge in [-0.1, -0.05) is 18.2 Å². The number of sulfonamides is 1. The highest BCUT2D eigenvalue weighted by Gasteiger charge is 2.18.